The number of hydrogen-bond donors (Lipinski definition) is 2. The minimum atomic E-state index is -0.279. The topological polar surface area (TPSA) is 79.7 Å². The summed E-state index contributed by atoms with van der Waals surface area (Å²) in [6, 6.07) is 11.9. The molecule has 2 fully saturated rings. The third kappa shape index (κ3) is 4.67. The number of nitrogens with zero attached hydrogens (tertiary/aromatic N) is 3. The fraction of sp³-hybridized carbons (Fsp3) is 0.500. The van der Waals surface area contributed by atoms with Gasteiger partial charge in [-0.25, -0.2) is 4.98 Å². The molecule has 1 atom stereocenters. The zero-order valence-electron chi connectivity index (χ0n) is 15.4. The number of benzene rings is 1. The molecule has 2 saturated heterocycles. The summed E-state index contributed by atoms with van der Waals surface area (Å²) in [4.78, 5) is 11.4. The smallest absolute Gasteiger partial charge is 0.227 e. The van der Waals surface area contributed by atoms with Crippen LogP contribution in [0.2, 0.25) is 0 Å². The minimum absolute atomic E-state index is 0.279. The number of aromatic nitrogens is 2. The molecule has 1 aromatic carbocycles. The Morgan fingerprint density at radius 3 is 2.81 bits per heavy atom. The molecule has 0 aliphatic carbocycles. The van der Waals surface area contributed by atoms with Crippen molar-refractivity contribution in [2.75, 3.05) is 49.7 Å². The van der Waals surface area contributed by atoms with E-state index in [-0.39, 0.29) is 6.10 Å². The second-order valence-electron chi connectivity index (χ2n) is 7.04. The van der Waals surface area contributed by atoms with E-state index in [1.54, 1.807) is 0 Å². The van der Waals surface area contributed by atoms with Crippen molar-refractivity contribution in [3.8, 4) is 5.75 Å². The van der Waals surface area contributed by atoms with Crippen LogP contribution in [0.3, 0.4) is 0 Å². The Morgan fingerprint density at radius 2 is 2.07 bits per heavy atom. The third-order valence-electron chi connectivity index (χ3n) is 4.87. The van der Waals surface area contributed by atoms with Gasteiger partial charge in [0.2, 0.25) is 5.95 Å². The Labute approximate surface area is 159 Å². The zero-order valence-corrected chi connectivity index (χ0v) is 15.4. The van der Waals surface area contributed by atoms with Crippen molar-refractivity contribution in [1.82, 2.24) is 9.97 Å². The summed E-state index contributed by atoms with van der Waals surface area (Å²) in [6.45, 7) is 4.10. The predicted molar refractivity (Wildman–Crippen MR) is 103 cm³/mol. The van der Waals surface area contributed by atoms with Gasteiger partial charge in [0.05, 0.1) is 25.0 Å². The van der Waals surface area contributed by atoms with Crippen LogP contribution in [0.4, 0.5) is 11.8 Å². The molecule has 0 radical (unpaired) electrons. The molecule has 27 heavy (non-hydrogen) atoms. The van der Waals surface area contributed by atoms with Crippen molar-refractivity contribution in [3.05, 3.63) is 42.1 Å². The lowest BCUT2D eigenvalue weighted by atomic mass is 10.0. The van der Waals surface area contributed by atoms with Gasteiger partial charge < -0.3 is 24.8 Å². The molecule has 2 aliphatic heterocycles. The molecule has 2 aliphatic rings. The van der Waals surface area contributed by atoms with Gasteiger partial charge in [-0.15, -0.1) is 0 Å². The first kappa shape index (κ1) is 18.0. The first-order chi connectivity index (χ1) is 13.3. The summed E-state index contributed by atoms with van der Waals surface area (Å²) in [7, 11) is 0. The van der Waals surface area contributed by atoms with Gasteiger partial charge in [-0.2, -0.15) is 4.98 Å². The van der Waals surface area contributed by atoms with Gasteiger partial charge in [-0.1, -0.05) is 18.2 Å². The molecule has 0 bridgehead atoms. The molecule has 2 aromatic rings. The average molecular weight is 370 g/mol. The molecule has 7 nitrogen and oxygen atoms in total. The minimum Gasteiger partial charge on any atom is -0.494 e. The summed E-state index contributed by atoms with van der Waals surface area (Å²) in [5, 5.41) is 13.0. The van der Waals surface area contributed by atoms with E-state index in [4.69, 9.17) is 14.5 Å². The molecular formula is C20H26N4O3. The number of anilines is 2. The number of nitrogens with one attached hydrogen (secondary N) is 1. The third-order valence-corrected chi connectivity index (χ3v) is 4.87. The van der Waals surface area contributed by atoms with E-state index in [9.17, 15) is 5.11 Å². The van der Waals surface area contributed by atoms with Crippen LogP contribution in [0.5, 0.6) is 5.75 Å². The van der Waals surface area contributed by atoms with Gasteiger partial charge in [0.15, 0.2) is 0 Å². The fourth-order valence-corrected chi connectivity index (χ4v) is 3.28. The Morgan fingerprint density at radius 1 is 1.22 bits per heavy atom. The number of aliphatic hydroxyl groups is 1. The maximum atomic E-state index is 9.58. The van der Waals surface area contributed by atoms with Gasteiger partial charge in [0.1, 0.15) is 11.6 Å². The molecule has 4 rings (SSSR count). The van der Waals surface area contributed by atoms with Crippen LogP contribution in [0.25, 0.3) is 0 Å². The van der Waals surface area contributed by atoms with Crippen LogP contribution in [0.1, 0.15) is 24.5 Å². The van der Waals surface area contributed by atoms with Crippen LogP contribution in [-0.2, 0) is 4.74 Å². The SMILES string of the molecule is OC1CN(c2nc(NCCCOc3ccccc3)cc(C3CCOC3)n2)C1. The van der Waals surface area contributed by atoms with Crippen LogP contribution in [0, 0.1) is 0 Å². The summed E-state index contributed by atoms with van der Waals surface area (Å²) in [5.41, 5.74) is 1.02. The first-order valence-corrected chi connectivity index (χ1v) is 9.59. The molecular weight excluding hydrogens is 344 g/mol. The van der Waals surface area contributed by atoms with E-state index in [0.29, 0.717) is 38.2 Å². The Bertz CT molecular complexity index is 731. The highest BCUT2D eigenvalue weighted by Gasteiger charge is 2.28. The van der Waals surface area contributed by atoms with Gasteiger partial charge >= 0.3 is 0 Å². The number of hydrogen-bond acceptors (Lipinski definition) is 7. The molecule has 0 saturated carbocycles. The highest BCUT2D eigenvalue weighted by Crippen LogP contribution is 2.28. The van der Waals surface area contributed by atoms with E-state index in [1.165, 1.54) is 0 Å². The fourth-order valence-electron chi connectivity index (χ4n) is 3.28. The van der Waals surface area contributed by atoms with Crippen LogP contribution >= 0.6 is 0 Å². The lowest BCUT2D eigenvalue weighted by molar-refractivity contribution is 0.140. The summed E-state index contributed by atoms with van der Waals surface area (Å²) in [6.07, 6.45) is 1.58. The molecule has 3 heterocycles. The van der Waals surface area contributed by atoms with E-state index >= 15 is 0 Å². The normalized spacial score (nSPS) is 19.7. The van der Waals surface area contributed by atoms with Crippen molar-refractivity contribution in [3.63, 3.8) is 0 Å². The van der Waals surface area contributed by atoms with Crippen LogP contribution in [0.15, 0.2) is 36.4 Å². The van der Waals surface area contributed by atoms with Crippen LogP contribution < -0.4 is 15.0 Å². The van der Waals surface area contributed by atoms with Crippen molar-refractivity contribution in [2.45, 2.75) is 24.9 Å². The standard InChI is InChI=1S/C20H26N4O3/c25-16-12-24(13-16)20-22-18(15-7-10-26-14-15)11-19(23-20)21-8-4-9-27-17-5-2-1-3-6-17/h1-3,5-6,11,15-16,25H,4,7-10,12-14H2,(H,21,22,23). The first-order valence-electron chi connectivity index (χ1n) is 9.59. The average Bonchev–Trinajstić information content (AvgIpc) is 3.21. The van der Waals surface area contributed by atoms with E-state index in [2.05, 4.69) is 10.3 Å². The predicted octanol–water partition coefficient (Wildman–Crippen LogP) is 2.04. The van der Waals surface area contributed by atoms with Gasteiger partial charge in [-0.05, 0) is 25.0 Å². The Balaban J connectivity index is 1.34. The highest BCUT2D eigenvalue weighted by atomic mass is 16.5. The molecule has 1 unspecified atom stereocenters. The number of β-amino-alcohol motifs (C(OH)–C–C–N with tert-alkyl or cyclic N) is 1. The van der Waals surface area contributed by atoms with E-state index in [1.807, 2.05) is 41.3 Å². The van der Waals surface area contributed by atoms with Crippen molar-refractivity contribution in [1.29, 1.82) is 0 Å². The number of para-hydroxylation sites is 1. The lowest BCUT2D eigenvalue weighted by Crippen LogP contribution is -2.51. The van der Waals surface area contributed by atoms with Crippen LogP contribution in [-0.4, -0.2) is 60.6 Å². The summed E-state index contributed by atoms with van der Waals surface area (Å²) in [5.74, 6) is 2.72. The van der Waals surface area contributed by atoms with Gasteiger partial charge in [0, 0.05) is 38.2 Å². The van der Waals surface area contributed by atoms with E-state index in [0.717, 1.165) is 43.3 Å². The Hall–Kier alpha value is -2.38. The molecule has 144 valence electrons. The number of aliphatic hydroxyl groups excluding tert-OH is 1. The quantitative estimate of drug-likeness (QED) is 0.689. The second kappa shape index (κ2) is 8.54. The summed E-state index contributed by atoms with van der Waals surface area (Å²) < 4.78 is 11.2. The number of rotatable bonds is 8. The van der Waals surface area contributed by atoms with Crippen molar-refractivity contribution >= 4 is 11.8 Å². The lowest BCUT2D eigenvalue weighted by Gasteiger charge is -2.36. The highest BCUT2D eigenvalue weighted by molar-refractivity contribution is 5.46. The molecule has 0 spiro atoms. The molecule has 0 amide bonds. The Kier molecular flexibility index (Phi) is 5.69. The maximum Gasteiger partial charge on any atom is 0.227 e. The second-order valence-corrected chi connectivity index (χ2v) is 7.04. The van der Waals surface area contributed by atoms with Crippen molar-refractivity contribution < 1.29 is 14.6 Å². The van der Waals surface area contributed by atoms with Gasteiger partial charge in [-0.3, -0.25) is 0 Å². The molecule has 1 aromatic heterocycles. The summed E-state index contributed by atoms with van der Waals surface area (Å²) >= 11 is 0. The molecule has 7 heteroatoms. The largest absolute Gasteiger partial charge is 0.494 e. The number of ether oxygens (including phenoxy) is 2. The molecule has 2 N–H and O–H groups in total. The van der Waals surface area contributed by atoms with Gasteiger partial charge in [0.25, 0.3) is 0 Å². The van der Waals surface area contributed by atoms with Crippen molar-refractivity contribution in [2.24, 2.45) is 0 Å². The maximum absolute atomic E-state index is 9.58. The zero-order chi connectivity index (χ0) is 18.5. The monoisotopic (exact) mass is 370 g/mol. The van der Waals surface area contributed by atoms with E-state index < -0.39 is 0 Å².